The summed E-state index contributed by atoms with van der Waals surface area (Å²) in [5.41, 5.74) is 3.02. The number of cyclic esters (lactones) is 4. The van der Waals surface area contributed by atoms with Crippen LogP contribution >= 0.6 is 0 Å². The SMILES string of the molecule is CC(C)C[C@H]1C(=O)O[C@H](Cc2ccc(Cn3ccc4cccnc43)cc2)C(=O)N(C)[C@@H](CC(C)C)C(=O)O[C@H](C)C(=O)N(C)[C@@H](CC(C)C)C(=O)O[C@H](Cc2ccccc2)C(=O)N(C)[C@@H](CC(C)C)C(=O)O[C@H](C)C(=O)N1C. The first-order valence-corrected chi connectivity index (χ1v) is 27.2. The number of likely N-dealkylation sites (N-methyl/N-ethyl adjacent to an activating group) is 4. The summed E-state index contributed by atoms with van der Waals surface area (Å²) >= 11 is 0. The van der Waals surface area contributed by atoms with Gasteiger partial charge in [-0.3, -0.25) is 19.2 Å². The molecule has 2 aromatic heterocycles. The molecule has 4 amide bonds. The second kappa shape index (κ2) is 28.0. The van der Waals surface area contributed by atoms with E-state index in [4.69, 9.17) is 18.9 Å². The van der Waals surface area contributed by atoms with Crippen molar-refractivity contribution >= 4 is 58.5 Å². The molecule has 1 aliphatic rings. The van der Waals surface area contributed by atoms with E-state index in [-0.39, 0.29) is 62.2 Å². The zero-order valence-corrected chi connectivity index (χ0v) is 48.0. The van der Waals surface area contributed by atoms with Gasteiger partial charge in [-0.15, -0.1) is 0 Å². The van der Waals surface area contributed by atoms with E-state index in [1.165, 1.54) is 46.9 Å². The molecule has 1 saturated heterocycles. The number of hydrogen-bond acceptors (Lipinski definition) is 13. The van der Waals surface area contributed by atoms with Crippen LogP contribution in [0.1, 0.15) is 112 Å². The Morgan fingerprint density at radius 3 is 1.19 bits per heavy atom. The van der Waals surface area contributed by atoms with Gasteiger partial charge in [-0.05, 0) is 98.1 Å². The van der Waals surface area contributed by atoms with E-state index in [0.29, 0.717) is 17.7 Å². The molecule has 18 heteroatoms. The van der Waals surface area contributed by atoms with Gasteiger partial charge in [0.1, 0.15) is 29.8 Å². The molecule has 0 spiro atoms. The fourth-order valence-corrected chi connectivity index (χ4v) is 9.65. The van der Waals surface area contributed by atoms with E-state index < -0.39 is 96.1 Å². The van der Waals surface area contributed by atoms with Crippen LogP contribution in [0, 0.1) is 23.7 Å². The summed E-state index contributed by atoms with van der Waals surface area (Å²) in [6, 6.07) is 17.1. The smallest absolute Gasteiger partial charge is 0.329 e. The van der Waals surface area contributed by atoms with Crippen molar-refractivity contribution < 1.29 is 57.3 Å². The third-order valence-electron chi connectivity index (χ3n) is 14.1. The molecular formula is C60H82N6O12. The molecule has 5 rings (SSSR count). The first-order chi connectivity index (χ1) is 36.8. The van der Waals surface area contributed by atoms with E-state index in [1.54, 1.807) is 36.5 Å². The zero-order chi connectivity index (χ0) is 57.7. The Hall–Kier alpha value is -7.11. The Kier molecular flexibility index (Phi) is 22.1. The molecule has 8 atom stereocenters. The topological polar surface area (TPSA) is 204 Å². The summed E-state index contributed by atoms with van der Waals surface area (Å²) in [6.45, 7) is 18.1. The molecule has 424 valence electrons. The number of carbonyl (C=O) groups is 8. The quantitative estimate of drug-likeness (QED) is 0.0918. The molecule has 1 aliphatic heterocycles. The van der Waals surface area contributed by atoms with E-state index in [0.717, 1.165) is 31.3 Å². The predicted molar refractivity (Wildman–Crippen MR) is 294 cm³/mol. The minimum absolute atomic E-state index is 0.0888. The molecule has 0 radical (unpaired) electrons. The fourth-order valence-electron chi connectivity index (χ4n) is 9.65. The maximum atomic E-state index is 15.0. The number of pyridine rings is 1. The summed E-state index contributed by atoms with van der Waals surface area (Å²) in [7, 11) is 5.58. The summed E-state index contributed by atoms with van der Waals surface area (Å²) in [6.07, 6.45) is -2.11. The highest BCUT2D eigenvalue weighted by Crippen LogP contribution is 2.25. The lowest BCUT2D eigenvalue weighted by Crippen LogP contribution is -2.55. The molecule has 4 aromatic rings. The molecular weight excluding hydrogens is 997 g/mol. The van der Waals surface area contributed by atoms with Gasteiger partial charge in [-0.1, -0.05) is 110 Å². The molecule has 78 heavy (non-hydrogen) atoms. The largest absolute Gasteiger partial charge is 0.451 e. The number of rotatable bonds is 14. The summed E-state index contributed by atoms with van der Waals surface area (Å²) < 4.78 is 26.1. The van der Waals surface area contributed by atoms with Gasteiger partial charge in [0.15, 0.2) is 24.4 Å². The van der Waals surface area contributed by atoms with Crippen LogP contribution in [0.5, 0.6) is 0 Å². The Bertz CT molecular complexity index is 2690. The Labute approximate surface area is 460 Å². The highest BCUT2D eigenvalue weighted by atomic mass is 16.6. The van der Waals surface area contributed by atoms with Crippen molar-refractivity contribution in [2.24, 2.45) is 23.7 Å². The lowest BCUT2D eigenvalue weighted by Gasteiger charge is -2.35. The number of carbonyl (C=O) groups excluding carboxylic acids is 8. The average Bonchev–Trinajstić information content (AvgIpc) is 3.80. The standard InChI is InChI=1S/C60H82N6O12/c1-36(2)29-46-57(71)75-41(10)54(68)63(12)49(32-39(7)8)60(74)78-51(34-43-22-24-44(25-23-43)35-66-28-26-45-21-18-27-61-52(45)66)56(70)65(14)47(30-37(3)4)58(72)76-40(9)53(67)62(11)48(31-38(5)6)59(73)77-50(55(69)64(46)13)33-42-19-16-15-17-20-42/h15-28,36-41,46-51H,29-35H2,1-14H3/t40-,41-,46+,47+,48+,49+,50-,51-/m1/s1. The Balaban J connectivity index is 1.59. The monoisotopic (exact) mass is 1080 g/mol. The number of aromatic nitrogens is 2. The van der Waals surface area contributed by atoms with Gasteiger partial charge in [0.05, 0.1) is 0 Å². The number of fused-ring (bicyclic) bond motifs is 1. The van der Waals surface area contributed by atoms with Crippen molar-refractivity contribution in [1.82, 2.24) is 29.2 Å². The van der Waals surface area contributed by atoms with Crippen molar-refractivity contribution in [2.75, 3.05) is 28.2 Å². The van der Waals surface area contributed by atoms with E-state index >= 15 is 4.79 Å². The number of hydrogen-bond donors (Lipinski definition) is 0. The van der Waals surface area contributed by atoms with Crippen LogP contribution in [0.2, 0.25) is 0 Å². The van der Waals surface area contributed by atoms with Crippen LogP contribution in [0.25, 0.3) is 11.0 Å². The zero-order valence-electron chi connectivity index (χ0n) is 48.0. The van der Waals surface area contributed by atoms with Gasteiger partial charge in [-0.25, -0.2) is 24.2 Å². The molecule has 0 N–H and O–H groups in total. The molecule has 0 bridgehead atoms. The lowest BCUT2D eigenvalue weighted by molar-refractivity contribution is -0.176. The molecule has 3 heterocycles. The minimum Gasteiger partial charge on any atom is -0.451 e. The number of amides is 4. The third kappa shape index (κ3) is 16.5. The van der Waals surface area contributed by atoms with Gasteiger partial charge in [0.25, 0.3) is 23.6 Å². The fraction of sp³-hybridized carbons (Fsp3) is 0.550. The average molecular weight is 1080 g/mol. The maximum Gasteiger partial charge on any atom is 0.329 e. The summed E-state index contributed by atoms with van der Waals surface area (Å²) in [4.78, 5) is 126. The first kappa shape index (κ1) is 61.7. The van der Waals surface area contributed by atoms with Crippen molar-refractivity contribution in [3.8, 4) is 0 Å². The third-order valence-corrected chi connectivity index (χ3v) is 14.1. The molecule has 1 fully saturated rings. The summed E-state index contributed by atoms with van der Waals surface area (Å²) in [5, 5.41) is 0.995. The second-order valence-electron chi connectivity index (χ2n) is 22.5. The molecule has 18 nitrogen and oxygen atoms in total. The first-order valence-electron chi connectivity index (χ1n) is 27.2. The maximum absolute atomic E-state index is 15.0. The van der Waals surface area contributed by atoms with Crippen molar-refractivity contribution in [2.45, 2.75) is 163 Å². The molecule has 2 aromatic carbocycles. The van der Waals surface area contributed by atoms with Crippen LogP contribution in [-0.2, 0) is 76.7 Å². The highest BCUT2D eigenvalue weighted by Gasteiger charge is 2.43. The molecule has 0 unspecified atom stereocenters. The minimum atomic E-state index is -1.53. The van der Waals surface area contributed by atoms with Crippen LogP contribution < -0.4 is 0 Å². The van der Waals surface area contributed by atoms with Gasteiger partial charge in [-0.2, -0.15) is 0 Å². The van der Waals surface area contributed by atoms with Crippen molar-refractivity contribution in [1.29, 1.82) is 0 Å². The Morgan fingerprint density at radius 2 is 0.795 bits per heavy atom. The van der Waals surface area contributed by atoms with E-state index in [2.05, 4.69) is 4.98 Å². The van der Waals surface area contributed by atoms with Crippen LogP contribution in [0.3, 0.4) is 0 Å². The van der Waals surface area contributed by atoms with E-state index in [1.807, 2.05) is 109 Å². The highest BCUT2D eigenvalue weighted by molar-refractivity contribution is 5.94. The van der Waals surface area contributed by atoms with Gasteiger partial charge < -0.3 is 43.1 Å². The number of ether oxygens (including phenoxy) is 4. The van der Waals surface area contributed by atoms with Crippen LogP contribution in [0.15, 0.2) is 85.2 Å². The predicted octanol–water partition coefficient (Wildman–Crippen LogP) is 7.06. The van der Waals surface area contributed by atoms with Crippen LogP contribution in [0.4, 0.5) is 0 Å². The molecule has 0 saturated carbocycles. The van der Waals surface area contributed by atoms with E-state index in [9.17, 15) is 33.6 Å². The summed E-state index contributed by atoms with van der Waals surface area (Å²) in [5.74, 6) is -7.30. The number of benzene rings is 2. The second-order valence-corrected chi connectivity index (χ2v) is 22.5. The Morgan fingerprint density at radius 1 is 0.436 bits per heavy atom. The number of esters is 4. The van der Waals surface area contributed by atoms with Gasteiger partial charge >= 0.3 is 23.9 Å². The van der Waals surface area contributed by atoms with Crippen LogP contribution in [-0.4, -0.2) is 153 Å². The van der Waals surface area contributed by atoms with Crippen molar-refractivity contribution in [3.63, 3.8) is 0 Å². The van der Waals surface area contributed by atoms with Crippen molar-refractivity contribution in [3.05, 3.63) is 102 Å². The van der Waals surface area contributed by atoms with Gasteiger partial charge in [0, 0.05) is 65.4 Å². The lowest BCUT2D eigenvalue weighted by atomic mass is 9.99. The number of nitrogens with zero attached hydrogens (tertiary/aromatic N) is 6. The molecule has 0 aliphatic carbocycles. The van der Waals surface area contributed by atoms with Gasteiger partial charge in [0.2, 0.25) is 0 Å². The normalized spacial score (nSPS) is 23.6.